The second kappa shape index (κ2) is 5.36. The van der Waals surface area contributed by atoms with Gasteiger partial charge in [-0.25, -0.2) is 9.59 Å². The van der Waals surface area contributed by atoms with Crippen molar-refractivity contribution in [2.75, 3.05) is 31.1 Å². The molecule has 19 heavy (non-hydrogen) atoms. The average Bonchev–Trinajstić information content (AvgIpc) is 2.38. The number of piperazine rings is 1. The lowest BCUT2D eigenvalue weighted by atomic mass is 10.1. The second-order valence-electron chi connectivity index (χ2n) is 4.22. The Labute approximate surface area is 114 Å². The first-order valence-corrected chi connectivity index (χ1v) is 6.12. The van der Waals surface area contributed by atoms with E-state index in [4.69, 9.17) is 16.7 Å². The molecule has 1 aliphatic rings. The molecule has 2 rings (SSSR count). The summed E-state index contributed by atoms with van der Waals surface area (Å²) in [5, 5.41) is 18.4. The van der Waals surface area contributed by atoms with Gasteiger partial charge in [-0.3, -0.25) is 0 Å². The summed E-state index contributed by atoms with van der Waals surface area (Å²) in [6.07, 6.45) is -0.950. The lowest BCUT2D eigenvalue weighted by molar-refractivity contribution is 0.0697. The quantitative estimate of drug-likeness (QED) is 0.866. The fraction of sp³-hybridized carbons (Fsp3) is 0.333. The van der Waals surface area contributed by atoms with Crippen molar-refractivity contribution in [1.29, 1.82) is 0 Å². The number of aromatic carboxylic acids is 1. The Morgan fingerprint density at radius 3 is 2.26 bits per heavy atom. The third-order valence-electron chi connectivity index (χ3n) is 3.08. The smallest absolute Gasteiger partial charge is 0.407 e. The van der Waals surface area contributed by atoms with Gasteiger partial charge in [-0.05, 0) is 18.2 Å². The monoisotopic (exact) mass is 284 g/mol. The van der Waals surface area contributed by atoms with Gasteiger partial charge in [0.05, 0.1) is 11.3 Å². The molecule has 1 aromatic rings. The van der Waals surface area contributed by atoms with Crippen molar-refractivity contribution in [1.82, 2.24) is 4.90 Å². The molecule has 0 saturated carbocycles. The lowest BCUT2D eigenvalue weighted by Gasteiger charge is -2.35. The predicted octanol–water partition coefficient (Wildman–Crippen LogP) is 1.84. The van der Waals surface area contributed by atoms with Crippen LogP contribution in [0.3, 0.4) is 0 Å². The van der Waals surface area contributed by atoms with Crippen molar-refractivity contribution in [2.45, 2.75) is 0 Å². The van der Waals surface area contributed by atoms with E-state index < -0.39 is 12.1 Å². The Morgan fingerprint density at radius 1 is 1.11 bits per heavy atom. The lowest BCUT2D eigenvalue weighted by Crippen LogP contribution is -2.48. The largest absolute Gasteiger partial charge is 0.478 e. The molecule has 6 nitrogen and oxygen atoms in total. The summed E-state index contributed by atoms with van der Waals surface area (Å²) >= 11 is 5.80. The summed E-state index contributed by atoms with van der Waals surface area (Å²) in [5.41, 5.74) is 0.707. The molecular formula is C12H13ClN2O4. The second-order valence-corrected chi connectivity index (χ2v) is 4.66. The Kier molecular flexibility index (Phi) is 3.80. The first-order chi connectivity index (χ1) is 8.99. The average molecular weight is 285 g/mol. The number of carbonyl (C=O) groups is 2. The van der Waals surface area contributed by atoms with Crippen molar-refractivity contribution in [3.8, 4) is 0 Å². The minimum atomic E-state index is -1.04. The van der Waals surface area contributed by atoms with E-state index in [1.54, 1.807) is 12.1 Å². The zero-order valence-corrected chi connectivity index (χ0v) is 10.8. The fourth-order valence-corrected chi connectivity index (χ4v) is 2.27. The molecule has 0 aromatic heterocycles. The summed E-state index contributed by atoms with van der Waals surface area (Å²) in [5.74, 6) is -1.04. The van der Waals surface area contributed by atoms with E-state index in [0.29, 0.717) is 36.9 Å². The molecule has 1 fully saturated rings. The summed E-state index contributed by atoms with van der Waals surface area (Å²) in [6.45, 7) is 1.65. The molecule has 0 bridgehead atoms. The standard InChI is InChI=1S/C12H13ClN2O4/c13-8-1-2-10(9(7-8)11(16)17)14-3-5-15(6-4-14)12(18)19/h1-2,7H,3-6H2,(H,16,17)(H,18,19). The van der Waals surface area contributed by atoms with Crippen molar-refractivity contribution in [2.24, 2.45) is 0 Å². The first-order valence-electron chi connectivity index (χ1n) is 5.74. The topological polar surface area (TPSA) is 81.1 Å². The van der Waals surface area contributed by atoms with Crippen LogP contribution in [0.15, 0.2) is 18.2 Å². The van der Waals surface area contributed by atoms with Gasteiger partial charge in [0.25, 0.3) is 0 Å². The van der Waals surface area contributed by atoms with Gasteiger partial charge in [-0.15, -0.1) is 0 Å². The predicted molar refractivity (Wildman–Crippen MR) is 70.2 cm³/mol. The molecule has 102 valence electrons. The van der Waals surface area contributed by atoms with Gasteiger partial charge in [0.15, 0.2) is 0 Å². The SMILES string of the molecule is O=C(O)c1cc(Cl)ccc1N1CCN(C(=O)O)CC1. The van der Waals surface area contributed by atoms with Crippen molar-refractivity contribution in [3.05, 3.63) is 28.8 Å². The Bertz CT molecular complexity index is 512. The molecule has 1 saturated heterocycles. The van der Waals surface area contributed by atoms with E-state index in [2.05, 4.69) is 0 Å². The number of benzene rings is 1. The number of carboxylic acid groups (broad SMARTS) is 2. The minimum absolute atomic E-state index is 0.135. The summed E-state index contributed by atoms with van der Waals surface area (Å²) in [7, 11) is 0. The highest BCUT2D eigenvalue weighted by atomic mass is 35.5. The van der Waals surface area contributed by atoms with Crippen LogP contribution in [-0.4, -0.2) is 53.4 Å². The molecule has 2 N–H and O–H groups in total. The van der Waals surface area contributed by atoms with Gasteiger partial charge < -0.3 is 20.0 Å². The minimum Gasteiger partial charge on any atom is -0.478 e. The van der Waals surface area contributed by atoms with Crippen molar-refractivity contribution in [3.63, 3.8) is 0 Å². The normalized spacial score (nSPS) is 15.4. The van der Waals surface area contributed by atoms with Crippen LogP contribution in [0, 0.1) is 0 Å². The Morgan fingerprint density at radius 2 is 1.74 bits per heavy atom. The van der Waals surface area contributed by atoms with Crippen molar-refractivity contribution < 1.29 is 19.8 Å². The molecule has 0 atom stereocenters. The highest BCUT2D eigenvalue weighted by Crippen LogP contribution is 2.25. The van der Waals surface area contributed by atoms with Gasteiger partial charge in [0.1, 0.15) is 0 Å². The number of halogens is 1. The van der Waals surface area contributed by atoms with E-state index in [-0.39, 0.29) is 5.56 Å². The Hall–Kier alpha value is -1.95. The van der Waals surface area contributed by atoms with E-state index >= 15 is 0 Å². The zero-order valence-electron chi connectivity index (χ0n) is 10.0. The van der Waals surface area contributed by atoms with Crippen LogP contribution >= 0.6 is 11.6 Å². The zero-order chi connectivity index (χ0) is 14.0. The van der Waals surface area contributed by atoms with E-state index in [1.165, 1.54) is 11.0 Å². The van der Waals surface area contributed by atoms with Crippen LogP contribution in [0.25, 0.3) is 0 Å². The van der Waals surface area contributed by atoms with Crippen LogP contribution in [0.2, 0.25) is 5.02 Å². The number of anilines is 1. The third kappa shape index (κ3) is 2.90. The number of hydrogen-bond donors (Lipinski definition) is 2. The Balaban J connectivity index is 2.20. The van der Waals surface area contributed by atoms with Gasteiger partial charge in [0, 0.05) is 31.2 Å². The van der Waals surface area contributed by atoms with Gasteiger partial charge in [-0.2, -0.15) is 0 Å². The summed E-state index contributed by atoms with van der Waals surface area (Å²) in [6, 6.07) is 4.69. The first kappa shape index (κ1) is 13.5. The number of amides is 1. The molecular weight excluding hydrogens is 272 g/mol. The van der Waals surface area contributed by atoms with Crippen LogP contribution in [0.4, 0.5) is 10.5 Å². The fourth-order valence-electron chi connectivity index (χ4n) is 2.09. The summed E-state index contributed by atoms with van der Waals surface area (Å²) in [4.78, 5) is 25.2. The number of rotatable bonds is 2. The van der Waals surface area contributed by atoms with Gasteiger partial charge in [-0.1, -0.05) is 11.6 Å². The molecule has 1 amide bonds. The number of hydrogen-bond acceptors (Lipinski definition) is 3. The van der Waals surface area contributed by atoms with Gasteiger partial charge in [0.2, 0.25) is 0 Å². The van der Waals surface area contributed by atoms with Crippen molar-refractivity contribution >= 4 is 29.4 Å². The maximum atomic E-state index is 11.2. The molecule has 1 heterocycles. The number of carboxylic acids is 1. The van der Waals surface area contributed by atoms with E-state index in [1.807, 2.05) is 4.90 Å². The van der Waals surface area contributed by atoms with Crippen LogP contribution < -0.4 is 4.90 Å². The molecule has 0 aliphatic carbocycles. The highest BCUT2D eigenvalue weighted by molar-refractivity contribution is 6.31. The molecule has 0 unspecified atom stereocenters. The third-order valence-corrected chi connectivity index (χ3v) is 3.31. The van der Waals surface area contributed by atoms with Gasteiger partial charge >= 0.3 is 12.1 Å². The highest BCUT2D eigenvalue weighted by Gasteiger charge is 2.23. The molecule has 1 aromatic carbocycles. The molecule has 1 aliphatic heterocycles. The van der Waals surface area contributed by atoms with E-state index in [0.717, 1.165) is 0 Å². The van der Waals surface area contributed by atoms with Crippen LogP contribution in [-0.2, 0) is 0 Å². The summed E-state index contributed by atoms with van der Waals surface area (Å²) < 4.78 is 0. The van der Waals surface area contributed by atoms with Crippen LogP contribution in [0.5, 0.6) is 0 Å². The van der Waals surface area contributed by atoms with Crippen LogP contribution in [0.1, 0.15) is 10.4 Å². The number of nitrogens with zero attached hydrogens (tertiary/aromatic N) is 2. The van der Waals surface area contributed by atoms with E-state index in [9.17, 15) is 14.7 Å². The maximum absolute atomic E-state index is 11.2. The maximum Gasteiger partial charge on any atom is 0.407 e. The molecule has 0 spiro atoms. The molecule has 0 radical (unpaired) electrons. The molecule has 7 heteroatoms.